The van der Waals surface area contributed by atoms with E-state index in [-0.39, 0.29) is 6.61 Å². The van der Waals surface area contributed by atoms with Gasteiger partial charge in [-0.05, 0) is 0 Å². The Morgan fingerprint density at radius 1 is 1.14 bits per heavy atom. The van der Waals surface area contributed by atoms with E-state index in [1.165, 1.54) is 12.2 Å². The summed E-state index contributed by atoms with van der Waals surface area (Å²) in [6.45, 7) is 0.266. The molecule has 6 atom stereocenters. The van der Waals surface area contributed by atoms with E-state index >= 15 is 0 Å². The topological polar surface area (TPSA) is 80.6 Å². The van der Waals surface area contributed by atoms with Crippen LogP contribution in [0.1, 0.15) is 11.9 Å². The van der Waals surface area contributed by atoms with E-state index in [2.05, 4.69) is 0 Å². The van der Waals surface area contributed by atoms with Crippen LogP contribution in [0.5, 0.6) is 0 Å². The van der Waals surface area contributed by atoms with Crippen LogP contribution in [-0.2, 0) is 19.0 Å². The van der Waals surface area contributed by atoms with E-state index in [1.54, 1.807) is 7.05 Å². The Morgan fingerprint density at radius 3 is 2.55 bits per heavy atom. The van der Waals surface area contributed by atoms with Crippen molar-refractivity contribution in [2.75, 3.05) is 20.8 Å². The summed E-state index contributed by atoms with van der Waals surface area (Å²) in [6, 6.07) is 9.46. The molecule has 3 rings (SSSR count). The van der Waals surface area contributed by atoms with Crippen LogP contribution in [0.3, 0.4) is 0 Å². The fraction of sp³-hybridized carbons (Fsp3) is 0.600. The van der Waals surface area contributed by atoms with Gasteiger partial charge in [0, 0.05) is 12.6 Å². The lowest BCUT2D eigenvalue weighted by atomic mass is 9.97. The molecule has 2 aliphatic heterocycles. The summed E-state index contributed by atoms with van der Waals surface area (Å²) in [4.78, 5) is 5.03. The number of benzene rings is 1. The molecule has 0 amide bonds. The van der Waals surface area contributed by atoms with Crippen molar-refractivity contribution < 1.29 is 29.3 Å². The van der Waals surface area contributed by atoms with E-state index < -0.39 is 36.9 Å². The summed E-state index contributed by atoms with van der Waals surface area (Å²) in [5.74, 6) is 0. The van der Waals surface area contributed by atoms with Crippen LogP contribution in [0.25, 0.3) is 0 Å². The summed E-state index contributed by atoms with van der Waals surface area (Å²) in [5.41, 5.74) is 0.860. The van der Waals surface area contributed by atoms with E-state index in [0.717, 1.165) is 5.56 Å². The molecular formula is C15H21NO6. The number of nitrogens with zero attached hydrogens (tertiary/aromatic N) is 1. The van der Waals surface area contributed by atoms with Crippen molar-refractivity contribution in [2.24, 2.45) is 0 Å². The maximum Gasteiger partial charge on any atom is 0.184 e. The molecule has 7 nitrogen and oxygen atoms in total. The lowest BCUT2D eigenvalue weighted by Gasteiger charge is -2.47. The summed E-state index contributed by atoms with van der Waals surface area (Å²) in [6.07, 6.45) is -4.71. The van der Waals surface area contributed by atoms with Crippen molar-refractivity contribution >= 4 is 0 Å². The third-order valence-corrected chi connectivity index (χ3v) is 4.07. The van der Waals surface area contributed by atoms with Crippen LogP contribution in [0.2, 0.25) is 0 Å². The predicted octanol–water partition coefficient (Wildman–Crippen LogP) is 0.0405. The second kappa shape index (κ2) is 6.59. The second-order valence-corrected chi connectivity index (χ2v) is 5.45. The van der Waals surface area contributed by atoms with Gasteiger partial charge in [-0.15, -0.1) is 0 Å². The van der Waals surface area contributed by atoms with E-state index in [0.29, 0.717) is 0 Å². The van der Waals surface area contributed by atoms with Crippen molar-refractivity contribution in [2.45, 2.75) is 36.9 Å². The summed E-state index contributed by atoms with van der Waals surface area (Å²) < 4.78 is 17.2. The first kappa shape index (κ1) is 15.8. The zero-order valence-electron chi connectivity index (χ0n) is 12.5. The minimum absolute atomic E-state index is 0.266. The van der Waals surface area contributed by atoms with Crippen LogP contribution in [0.4, 0.5) is 0 Å². The number of fused-ring (bicyclic) bond motifs is 1. The van der Waals surface area contributed by atoms with Gasteiger partial charge in [0.05, 0.1) is 13.7 Å². The summed E-state index contributed by atoms with van der Waals surface area (Å²) in [5, 5.41) is 21.9. The van der Waals surface area contributed by atoms with Gasteiger partial charge in [-0.1, -0.05) is 30.3 Å². The Balaban J connectivity index is 1.73. The Labute approximate surface area is 128 Å². The first-order valence-corrected chi connectivity index (χ1v) is 7.22. The normalized spacial score (nSPS) is 38.8. The number of ether oxygens (including phenoxy) is 3. The molecule has 0 aromatic heterocycles. The number of likely N-dealkylation sites (N-methyl/N-ethyl adjacent to an activating group) is 1. The molecule has 7 heteroatoms. The predicted molar refractivity (Wildman–Crippen MR) is 75.5 cm³/mol. The lowest BCUT2D eigenvalue weighted by Crippen LogP contribution is -2.64. The first-order chi connectivity index (χ1) is 10.6. The maximum atomic E-state index is 10.4. The minimum atomic E-state index is -1.14. The molecule has 2 saturated heterocycles. The highest BCUT2D eigenvalue weighted by Crippen LogP contribution is 2.34. The fourth-order valence-corrected chi connectivity index (χ4v) is 2.78. The molecule has 0 radical (unpaired) electrons. The summed E-state index contributed by atoms with van der Waals surface area (Å²) >= 11 is 0. The van der Waals surface area contributed by atoms with Gasteiger partial charge in [-0.3, -0.25) is 4.84 Å². The van der Waals surface area contributed by atoms with Crippen molar-refractivity contribution in [1.82, 2.24) is 5.06 Å². The van der Waals surface area contributed by atoms with Gasteiger partial charge in [0.2, 0.25) is 0 Å². The van der Waals surface area contributed by atoms with Crippen molar-refractivity contribution in [3.8, 4) is 0 Å². The average molecular weight is 311 g/mol. The third kappa shape index (κ3) is 2.89. The molecule has 2 heterocycles. The maximum absolute atomic E-state index is 10.4. The Hall–Kier alpha value is -1.06. The number of hydrogen-bond acceptors (Lipinski definition) is 7. The van der Waals surface area contributed by atoms with Crippen LogP contribution in [0.15, 0.2) is 30.3 Å². The number of aliphatic hydroxyl groups is 2. The first-order valence-electron chi connectivity index (χ1n) is 7.22. The highest BCUT2D eigenvalue weighted by molar-refractivity contribution is 5.16. The number of hydroxylamine groups is 2. The molecule has 122 valence electrons. The van der Waals surface area contributed by atoms with Gasteiger partial charge in [-0.2, -0.15) is 5.06 Å². The largest absolute Gasteiger partial charge is 0.387 e. The summed E-state index contributed by atoms with van der Waals surface area (Å²) in [7, 11) is 3.09. The van der Waals surface area contributed by atoms with Crippen LogP contribution < -0.4 is 0 Å². The standard InChI is InChI=1S/C15H21NO6/c1-16(19-2)14-12(18)11(17)13-10(21-14)8-20-15(22-13)9-6-4-3-5-7-9/h3-7,10-15,17-18H,8H2,1-2H3/t10-,11-,12-,13-,14-,15-/m1/s1. The average Bonchev–Trinajstić information content (AvgIpc) is 2.58. The lowest BCUT2D eigenvalue weighted by molar-refractivity contribution is -0.367. The molecule has 1 aromatic carbocycles. The van der Waals surface area contributed by atoms with E-state index in [4.69, 9.17) is 19.0 Å². The highest BCUT2D eigenvalue weighted by Gasteiger charge is 2.50. The second-order valence-electron chi connectivity index (χ2n) is 5.45. The molecule has 0 spiro atoms. The van der Waals surface area contributed by atoms with Gasteiger partial charge in [0.25, 0.3) is 0 Å². The van der Waals surface area contributed by atoms with Gasteiger partial charge >= 0.3 is 0 Å². The van der Waals surface area contributed by atoms with Crippen molar-refractivity contribution in [3.05, 3.63) is 35.9 Å². The molecule has 2 N–H and O–H groups in total. The molecule has 0 bridgehead atoms. The Kier molecular flexibility index (Phi) is 4.74. The SMILES string of the molecule is CON(C)[C@@H]1O[C@@H]2CO[C@@H](c3ccccc3)O[C@H]2[C@H](O)[C@H]1O. The smallest absolute Gasteiger partial charge is 0.184 e. The molecule has 0 saturated carbocycles. The van der Waals surface area contributed by atoms with E-state index in [9.17, 15) is 10.2 Å². The van der Waals surface area contributed by atoms with Crippen LogP contribution in [-0.4, -0.2) is 66.7 Å². The van der Waals surface area contributed by atoms with Crippen LogP contribution >= 0.6 is 0 Å². The molecule has 2 fully saturated rings. The molecule has 1 aromatic rings. The third-order valence-electron chi connectivity index (χ3n) is 4.07. The molecule has 22 heavy (non-hydrogen) atoms. The van der Waals surface area contributed by atoms with Gasteiger partial charge < -0.3 is 24.4 Å². The van der Waals surface area contributed by atoms with Gasteiger partial charge in [0.15, 0.2) is 12.5 Å². The zero-order valence-corrected chi connectivity index (χ0v) is 12.5. The number of hydrogen-bond donors (Lipinski definition) is 2. The van der Waals surface area contributed by atoms with E-state index in [1.807, 2.05) is 30.3 Å². The van der Waals surface area contributed by atoms with Gasteiger partial charge in [-0.25, -0.2) is 0 Å². The zero-order chi connectivity index (χ0) is 15.7. The monoisotopic (exact) mass is 311 g/mol. The quantitative estimate of drug-likeness (QED) is 0.763. The minimum Gasteiger partial charge on any atom is -0.387 e. The Morgan fingerprint density at radius 2 is 1.86 bits per heavy atom. The molecule has 2 aliphatic rings. The number of rotatable bonds is 3. The Bertz CT molecular complexity index is 484. The fourth-order valence-electron chi connectivity index (χ4n) is 2.78. The molecule has 0 aliphatic carbocycles. The number of aliphatic hydroxyl groups excluding tert-OH is 2. The van der Waals surface area contributed by atoms with Crippen LogP contribution in [0, 0.1) is 0 Å². The molecular weight excluding hydrogens is 290 g/mol. The van der Waals surface area contributed by atoms with Crippen molar-refractivity contribution in [3.63, 3.8) is 0 Å². The van der Waals surface area contributed by atoms with Crippen molar-refractivity contribution in [1.29, 1.82) is 0 Å². The molecule has 0 unspecified atom stereocenters. The van der Waals surface area contributed by atoms with Gasteiger partial charge in [0.1, 0.15) is 24.4 Å². The highest BCUT2D eigenvalue weighted by atomic mass is 16.7.